The van der Waals surface area contributed by atoms with Crippen LogP contribution in [0.25, 0.3) is 11.0 Å². The third-order valence-electron chi connectivity index (χ3n) is 2.00. The van der Waals surface area contributed by atoms with Crippen LogP contribution >= 0.6 is 0 Å². The molecule has 0 aliphatic rings. The Balaban J connectivity index is 2.65. The Hall–Kier alpha value is -2.50. The summed E-state index contributed by atoms with van der Waals surface area (Å²) >= 11 is 0. The number of fused-ring (bicyclic) bond motifs is 1. The van der Waals surface area contributed by atoms with E-state index in [2.05, 4.69) is 9.97 Å². The number of pyridine rings is 2. The van der Waals surface area contributed by atoms with Crippen molar-refractivity contribution < 1.29 is 19.8 Å². The zero-order chi connectivity index (χ0) is 11.7. The maximum absolute atomic E-state index is 10.7. The van der Waals surface area contributed by atoms with Gasteiger partial charge in [0.2, 0.25) is 0 Å². The summed E-state index contributed by atoms with van der Waals surface area (Å²) in [6, 6.07) is 4.09. The highest BCUT2D eigenvalue weighted by molar-refractivity contribution is 5.93. The van der Waals surface area contributed by atoms with E-state index >= 15 is 0 Å². The predicted octanol–water partition coefficient (Wildman–Crippen LogP) is 1.03. The molecular formula is C10H6N2O4. The summed E-state index contributed by atoms with van der Waals surface area (Å²) in [6.45, 7) is 0. The highest BCUT2D eigenvalue weighted by Gasteiger charge is 2.09. The van der Waals surface area contributed by atoms with Gasteiger partial charge in [-0.3, -0.25) is 4.98 Å². The molecule has 2 aromatic heterocycles. The molecule has 0 saturated carbocycles. The fraction of sp³-hybridized carbons (Fsp3) is 0. The molecule has 0 aliphatic carbocycles. The monoisotopic (exact) mass is 218 g/mol. The summed E-state index contributed by atoms with van der Waals surface area (Å²) in [6.07, 6.45) is 1.20. The minimum atomic E-state index is -1.16. The van der Waals surface area contributed by atoms with Crippen LogP contribution in [0.5, 0.6) is 0 Å². The Morgan fingerprint density at radius 3 is 2.44 bits per heavy atom. The molecule has 16 heavy (non-hydrogen) atoms. The van der Waals surface area contributed by atoms with Crippen LogP contribution in [0.1, 0.15) is 20.8 Å². The van der Waals surface area contributed by atoms with Crippen molar-refractivity contribution >= 4 is 23.0 Å². The van der Waals surface area contributed by atoms with E-state index in [1.165, 1.54) is 24.4 Å². The van der Waals surface area contributed by atoms with Crippen molar-refractivity contribution in [3.8, 4) is 0 Å². The zero-order valence-electron chi connectivity index (χ0n) is 7.91. The number of hydrogen-bond donors (Lipinski definition) is 2. The molecule has 2 rings (SSSR count). The Labute approximate surface area is 89.2 Å². The van der Waals surface area contributed by atoms with Gasteiger partial charge in [-0.25, -0.2) is 14.6 Å². The van der Waals surface area contributed by atoms with E-state index in [0.29, 0.717) is 5.52 Å². The minimum Gasteiger partial charge on any atom is -0.478 e. The molecule has 6 heteroatoms. The predicted molar refractivity (Wildman–Crippen MR) is 53.5 cm³/mol. The van der Waals surface area contributed by atoms with Crippen molar-refractivity contribution in [3.05, 3.63) is 35.7 Å². The van der Waals surface area contributed by atoms with Gasteiger partial charge in [0.15, 0.2) is 0 Å². The first-order valence-corrected chi connectivity index (χ1v) is 4.31. The van der Waals surface area contributed by atoms with Crippen molar-refractivity contribution in [1.82, 2.24) is 9.97 Å². The zero-order valence-corrected chi connectivity index (χ0v) is 7.91. The van der Waals surface area contributed by atoms with Crippen molar-refractivity contribution in [2.24, 2.45) is 0 Å². The van der Waals surface area contributed by atoms with Gasteiger partial charge in [0.1, 0.15) is 5.69 Å². The van der Waals surface area contributed by atoms with Gasteiger partial charge < -0.3 is 10.2 Å². The molecule has 80 valence electrons. The van der Waals surface area contributed by atoms with Crippen molar-refractivity contribution in [2.45, 2.75) is 0 Å². The summed E-state index contributed by atoms with van der Waals surface area (Å²) in [4.78, 5) is 29.0. The summed E-state index contributed by atoms with van der Waals surface area (Å²) in [5, 5.41) is 17.5. The first kappa shape index (κ1) is 10.0. The average molecular weight is 218 g/mol. The maximum atomic E-state index is 10.7. The molecule has 2 heterocycles. The second kappa shape index (κ2) is 3.58. The van der Waals surface area contributed by atoms with Crippen LogP contribution in [-0.2, 0) is 0 Å². The van der Waals surface area contributed by atoms with Crippen LogP contribution in [0.4, 0.5) is 0 Å². The molecule has 6 nitrogen and oxygen atoms in total. The lowest BCUT2D eigenvalue weighted by atomic mass is 10.2. The molecule has 0 fully saturated rings. The number of aromatic carboxylic acids is 2. The average Bonchev–Trinajstić information content (AvgIpc) is 2.27. The fourth-order valence-electron chi connectivity index (χ4n) is 1.24. The van der Waals surface area contributed by atoms with Crippen molar-refractivity contribution in [1.29, 1.82) is 0 Å². The van der Waals surface area contributed by atoms with E-state index in [-0.39, 0.29) is 16.8 Å². The lowest BCUT2D eigenvalue weighted by molar-refractivity contribution is 0.0683. The molecule has 0 atom stereocenters. The van der Waals surface area contributed by atoms with Crippen LogP contribution < -0.4 is 0 Å². The molecule has 2 N–H and O–H groups in total. The molecule has 0 spiro atoms. The summed E-state index contributed by atoms with van der Waals surface area (Å²) in [5.74, 6) is -2.29. The number of carboxylic acids is 2. The Bertz CT molecular complexity index is 546. The third kappa shape index (κ3) is 1.68. The Morgan fingerprint density at radius 1 is 1.06 bits per heavy atom. The van der Waals surface area contributed by atoms with E-state index in [1.54, 1.807) is 0 Å². The minimum absolute atomic E-state index is 0.0254. The third-order valence-corrected chi connectivity index (χ3v) is 2.00. The SMILES string of the molecule is O=C(O)c1cnc2ccc(C(=O)O)nc2c1. The van der Waals surface area contributed by atoms with Gasteiger partial charge in [-0.1, -0.05) is 0 Å². The maximum Gasteiger partial charge on any atom is 0.354 e. The number of carbonyl (C=O) groups is 2. The van der Waals surface area contributed by atoms with E-state index in [4.69, 9.17) is 10.2 Å². The number of rotatable bonds is 2. The van der Waals surface area contributed by atoms with E-state index in [0.717, 1.165) is 0 Å². The lowest BCUT2D eigenvalue weighted by Crippen LogP contribution is -2.02. The van der Waals surface area contributed by atoms with Gasteiger partial charge in [-0.05, 0) is 18.2 Å². The van der Waals surface area contributed by atoms with Gasteiger partial charge >= 0.3 is 11.9 Å². The molecule has 0 bridgehead atoms. The van der Waals surface area contributed by atoms with Crippen LogP contribution in [-0.4, -0.2) is 32.1 Å². The Morgan fingerprint density at radius 2 is 1.81 bits per heavy atom. The highest BCUT2D eigenvalue weighted by atomic mass is 16.4. The van der Waals surface area contributed by atoms with E-state index < -0.39 is 11.9 Å². The molecule has 0 radical (unpaired) electrons. The van der Waals surface area contributed by atoms with Gasteiger partial charge in [-0.15, -0.1) is 0 Å². The molecule has 0 unspecified atom stereocenters. The first-order valence-electron chi connectivity index (χ1n) is 4.31. The topological polar surface area (TPSA) is 100 Å². The van der Waals surface area contributed by atoms with E-state index in [9.17, 15) is 9.59 Å². The smallest absolute Gasteiger partial charge is 0.354 e. The van der Waals surface area contributed by atoms with E-state index in [1.807, 2.05) is 0 Å². The number of carboxylic acid groups (broad SMARTS) is 2. The highest BCUT2D eigenvalue weighted by Crippen LogP contribution is 2.12. The summed E-state index contributed by atoms with van der Waals surface area (Å²) in [5.41, 5.74) is 0.536. The number of nitrogens with zero attached hydrogens (tertiary/aromatic N) is 2. The van der Waals surface area contributed by atoms with Gasteiger partial charge in [-0.2, -0.15) is 0 Å². The fourth-order valence-corrected chi connectivity index (χ4v) is 1.24. The van der Waals surface area contributed by atoms with Crippen LogP contribution in [0.15, 0.2) is 24.4 Å². The number of hydrogen-bond acceptors (Lipinski definition) is 4. The summed E-state index contributed by atoms with van der Waals surface area (Å²) < 4.78 is 0. The molecule has 0 amide bonds. The van der Waals surface area contributed by atoms with Crippen molar-refractivity contribution in [3.63, 3.8) is 0 Å². The summed E-state index contributed by atoms with van der Waals surface area (Å²) in [7, 11) is 0. The van der Waals surface area contributed by atoms with Crippen molar-refractivity contribution in [2.75, 3.05) is 0 Å². The van der Waals surface area contributed by atoms with Gasteiger partial charge in [0, 0.05) is 6.20 Å². The standard InChI is InChI=1S/C10H6N2O4/c13-9(14)5-3-8-6(11-4-5)1-2-7(12-8)10(15)16/h1-4H,(H,13,14)(H,15,16). The van der Waals surface area contributed by atoms with Crippen LogP contribution in [0, 0.1) is 0 Å². The van der Waals surface area contributed by atoms with Gasteiger partial charge in [0.25, 0.3) is 0 Å². The van der Waals surface area contributed by atoms with Crippen LogP contribution in [0.3, 0.4) is 0 Å². The quantitative estimate of drug-likeness (QED) is 0.780. The molecule has 0 aliphatic heterocycles. The molecule has 0 saturated heterocycles. The van der Waals surface area contributed by atoms with Gasteiger partial charge in [0.05, 0.1) is 16.6 Å². The molecule has 2 aromatic rings. The first-order chi connectivity index (χ1) is 7.58. The molecular weight excluding hydrogens is 212 g/mol. The Kier molecular flexibility index (Phi) is 2.24. The lowest BCUT2D eigenvalue weighted by Gasteiger charge is -1.99. The second-order valence-corrected chi connectivity index (χ2v) is 3.07. The normalized spacial score (nSPS) is 10.2. The number of aromatic nitrogens is 2. The van der Waals surface area contributed by atoms with Crippen LogP contribution in [0.2, 0.25) is 0 Å². The second-order valence-electron chi connectivity index (χ2n) is 3.07. The largest absolute Gasteiger partial charge is 0.478 e. The molecule has 0 aromatic carbocycles.